The number of hydrogen-bond acceptors (Lipinski definition) is 5. The lowest BCUT2D eigenvalue weighted by Crippen LogP contribution is -2.38. The van der Waals surface area contributed by atoms with Crippen molar-refractivity contribution in [1.82, 2.24) is 4.90 Å². The predicted molar refractivity (Wildman–Crippen MR) is 85.4 cm³/mol. The highest BCUT2D eigenvalue weighted by atomic mass is 16.5. The number of rotatable bonds is 8. The van der Waals surface area contributed by atoms with Crippen molar-refractivity contribution in [2.75, 3.05) is 34.4 Å². The van der Waals surface area contributed by atoms with Crippen molar-refractivity contribution in [2.45, 2.75) is 32.9 Å². The summed E-state index contributed by atoms with van der Waals surface area (Å²) in [6.45, 7) is 7.89. The summed E-state index contributed by atoms with van der Waals surface area (Å²) < 4.78 is 16.4. The van der Waals surface area contributed by atoms with Crippen molar-refractivity contribution in [1.29, 1.82) is 0 Å². The largest absolute Gasteiger partial charge is 0.493 e. The first kappa shape index (κ1) is 17.6. The molecule has 0 saturated carbocycles. The molecule has 0 amide bonds. The first-order chi connectivity index (χ1) is 10.0. The van der Waals surface area contributed by atoms with Gasteiger partial charge in [-0.2, -0.15) is 0 Å². The summed E-state index contributed by atoms with van der Waals surface area (Å²) in [5.41, 5.74) is 7.06. The smallest absolute Gasteiger partial charge is 0.203 e. The van der Waals surface area contributed by atoms with Gasteiger partial charge in [-0.1, -0.05) is 6.92 Å². The lowest BCUT2D eigenvalue weighted by molar-refractivity contribution is 0.163. The van der Waals surface area contributed by atoms with Crippen molar-refractivity contribution < 1.29 is 14.2 Å². The Balaban J connectivity index is 3.39. The van der Waals surface area contributed by atoms with Crippen LogP contribution in [0.5, 0.6) is 17.2 Å². The Kier molecular flexibility index (Phi) is 6.78. The zero-order valence-electron chi connectivity index (χ0n) is 14.0. The van der Waals surface area contributed by atoms with Gasteiger partial charge in [0.15, 0.2) is 11.5 Å². The molecule has 5 nitrogen and oxygen atoms in total. The van der Waals surface area contributed by atoms with Gasteiger partial charge in [-0.25, -0.2) is 0 Å². The summed E-state index contributed by atoms with van der Waals surface area (Å²) >= 11 is 0. The number of benzene rings is 1. The molecule has 5 heteroatoms. The first-order valence-corrected chi connectivity index (χ1v) is 7.30. The van der Waals surface area contributed by atoms with Gasteiger partial charge in [-0.05, 0) is 32.5 Å². The average Bonchev–Trinajstić information content (AvgIpc) is 2.50. The number of nitrogens with zero attached hydrogens (tertiary/aromatic N) is 1. The minimum atomic E-state index is 0.0738. The van der Waals surface area contributed by atoms with E-state index in [2.05, 4.69) is 25.7 Å². The van der Waals surface area contributed by atoms with Gasteiger partial charge < -0.3 is 19.9 Å². The second-order valence-electron chi connectivity index (χ2n) is 5.10. The molecule has 0 spiro atoms. The minimum absolute atomic E-state index is 0.0738. The van der Waals surface area contributed by atoms with Crippen LogP contribution >= 0.6 is 0 Å². The molecule has 0 aliphatic rings. The molecule has 0 aromatic heterocycles. The zero-order valence-corrected chi connectivity index (χ0v) is 14.0. The van der Waals surface area contributed by atoms with Crippen LogP contribution in [0.15, 0.2) is 12.1 Å². The van der Waals surface area contributed by atoms with E-state index in [-0.39, 0.29) is 6.04 Å². The Morgan fingerprint density at radius 3 is 2.05 bits per heavy atom. The Labute approximate surface area is 128 Å². The van der Waals surface area contributed by atoms with Crippen LogP contribution < -0.4 is 19.9 Å². The minimum Gasteiger partial charge on any atom is -0.493 e. The number of likely N-dealkylation sites (N-methyl/N-ethyl adjacent to an activating group) is 1. The van der Waals surface area contributed by atoms with Gasteiger partial charge in [0.1, 0.15) is 0 Å². The fraction of sp³-hybridized carbons (Fsp3) is 0.625. The maximum atomic E-state index is 6.04. The van der Waals surface area contributed by atoms with E-state index in [1.54, 1.807) is 21.3 Å². The molecule has 120 valence electrons. The van der Waals surface area contributed by atoms with E-state index in [1.165, 1.54) is 0 Å². The van der Waals surface area contributed by atoms with Gasteiger partial charge in [-0.15, -0.1) is 0 Å². The molecule has 0 bridgehead atoms. The van der Waals surface area contributed by atoms with Gasteiger partial charge in [0.05, 0.1) is 27.4 Å². The molecular weight excluding hydrogens is 268 g/mol. The van der Waals surface area contributed by atoms with Crippen molar-refractivity contribution in [3.63, 3.8) is 0 Å². The van der Waals surface area contributed by atoms with E-state index in [0.717, 1.165) is 12.1 Å². The first-order valence-electron chi connectivity index (χ1n) is 7.30. The Hall–Kier alpha value is -1.46. The van der Waals surface area contributed by atoms with Crippen molar-refractivity contribution >= 4 is 0 Å². The van der Waals surface area contributed by atoms with Gasteiger partial charge >= 0.3 is 0 Å². The van der Waals surface area contributed by atoms with Crippen LogP contribution in [0.1, 0.15) is 32.4 Å². The molecule has 1 rings (SSSR count). The lowest BCUT2D eigenvalue weighted by atomic mass is 10.0. The maximum absolute atomic E-state index is 6.04. The van der Waals surface area contributed by atoms with E-state index in [9.17, 15) is 0 Å². The molecule has 0 fully saturated rings. The van der Waals surface area contributed by atoms with Crippen LogP contribution in [0.3, 0.4) is 0 Å². The standard InChI is InChI=1S/C16H28N2O3/c1-7-18(11(2)3)13(10-17)12-8-9-14(19-4)16(21-6)15(12)20-5/h8-9,11,13H,7,10,17H2,1-6H3. The van der Waals surface area contributed by atoms with Crippen LogP contribution in [0.2, 0.25) is 0 Å². The zero-order chi connectivity index (χ0) is 16.0. The quantitative estimate of drug-likeness (QED) is 0.798. The summed E-state index contributed by atoms with van der Waals surface area (Å²) in [6.07, 6.45) is 0. The topological polar surface area (TPSA) is 57.0 Å². The number of nitrogens with two attached hydrogens (primary N) is 1. The fourth-order valence-corrected chi connectivity index (χ4v) is 2.77. The van der Waals surface area contributed by atoms with Crippen molar-refractivity contribution in [3.8, 4) is 17.2 Å². The molecule has 1 aromatic carbocycles. The average molecular weight is 296 g/mol. The van der Waals surface area contributed by atoms with Crippen LogP contribution in [0, 0.1) is 0 Å². The summed E-state index contributed by atoms with van der Waals surface area (Å²) in [4.78, 5) is 2.34. The highest BCUT2D eigenvalue weighted by molar-refractivity contribution is 5.56. The van der Waals surface area contributed by atoms with E-state index in [4.69, 9.17) is 19.9 Å². The molecule has 0 radical (unpaired) electrons. The summed E-state index contributed by atoms with van der Waals surface area (Å²) in [6, 6.07) is 4.36. The van der Waals surface area contributed by atoms with Crippen LogP contribution in [0.25, 0.3) is 0 Å². The second kappa shape index (κ2) is 8.10. The van der Waals surface area contributed by atoms with Gasteiger partial charge in [0.25, 0.3) is 0 Å². The molecule has 0 aliphatic heterocycles. The van der Waals surface area contributed by atoms with E-state index in [0.29, 0.717) is 29.8 Å². The number of methoxy groups -OCH3 is 3. The lowest BCUT2D eigenvalue weighted by Gasteiger charge is -2.34. The third kappa shape index (κ3) is 3.60. The van der Waals surface area contributed by atoms with E-state index >= 15 is 0 Å². The summed E-state index contributed by atoms with van der Waals surface area (Å²) in [5, 5.41) is 0. The third-order valence-corrected chi connectivity index (χ3v) is 3.75. The molecule has 1 atom stereocenters. The van der Waals surface area contributed by atoms with Crippen LogP contribution in [-0.2, 0) is 0 Å². The highest BCUT2D eigenvalue weighted by Gasteiger charge is 2.26. The highest BCUT2D eigenvalue weighted by Crippen LogP contribution is 2.43. The molecule has 1 aromatic rings. The van der Waals surface area contributed by atoms with Gasteiger partial charge in [0, 0.05) is 18.2 Å². The predicted octanol–water partition coefficient (Wildman–Crippen LogP) is 2.44. The summed E-state index contributed by atoms with van der Waals surface area (Å²) in [5.74, 6) is 1.95. The molecular formula is C16H28N2O3. The van der Waals surface area contributed by atoms with Crippen LogP contribution in [0.4, 0.5) is 0 Å². The molecule has 2 N–H and O–H groups in total. The Morgan fingerprint density at radius 1 is 1.05 bits per heavy atom. The van der Waals surface area contributed by atoms with Crippen LogP contribution in [-0.4, -0.2) is 45.4 Å². The number of ether oxygens (including phenoxy) is 3. The molecule has 21 heavy (non-hydrogen) atoms. The van der Waals surface area contributed by atoms with Crippen molar-refractivity contribution in [2.24, 2.45) is 5.73 Å². The monoisotopic (exact) mass is 296 g/mol. The van der Waals surface area contributed by atoms with Crippen molar-refractivity contribution in [3.05, 3.63) is 17.7 Å². The molecule has 0 aliphatic carbocycles. The van der Waals surface area contributed by atoms with E-state index < -0.39 is 0 Å². The maximum Gasteiger partial charge on any atom is 0.203 e. The number of hydrogen-bond donors (Lipinski definition) is 1. The Bertz CT molecular complexity index is 449. The molecule has 0 heterocycles. The summed E-state index contributed by atoms with van der Waals surface area (Å²) in [7, 11) is 4.87. The SMILES string of the molecule is CCN(C(C)C)C(CN)c1ccc(OC)c(OC)c1OC. The molecule has 1 unspecified atom stereocenters. The Morgan fingerprint density at radius 2 is 1.67 bits per heavy atom. The van der Waals surface area contributed by atoms with E-state index in [1.807, 2.05) is 12.1 Å². The second-order valence-corrected chi connectivity index (χ2v) is 5.10. The molecule has 0 saturated heterocycles. The normalized spacial score (nSPS) is 12.6. The van der Waals surface area contributed by atoms with Gasteiger partial charge in [-0.3, -0.25) is 4.90 Å². The fourth-order valence-electron chi connectivity index (χ4n) is 2.77. The van der Waals surface area contributed by atoms with Gasteiger partial charge in [0.2, 0.25) is 5.75 Å². The third-order valence-electron chi connectivity index (χ3n) is 3.75.